The second kappa shape index (κ2) is 6.36. The fourth-order valence-corrected chi connectivity index (χ4v) is 3.60. The van der Waals surface area contributed by atoms with Gasteiger partial charge in [-0.05, 0) is 18.8 Å². The molecule has 2 N–H and O–H groups in total. The Labute approximate surface area is 113 Å². The number of carbonyl (C=O) groups excluding carboxylic acids is 1. The zero-order valence-electron chi connectivity index (χ0n) is 11.3. The van der Waals surface area contributed by atoms with Gasteiger partial charge in [-0.2, -0.15) is 0 Å². The van der Waals surface area contributed by atoms with Crippen LogP contribution in [0.15, 0.2) is 0 Å². The van der Waals surface area contributed by atoms with Gasteiger partial charge in [-0.3, -0.25) is 4.79 Å². The molecule has 1 heterocycles. The fourth-order valence-electron chi connectivity index (χ4n) is 2.11. The molecule has 0 radical (unpaired) electrons. The Hall–Kier alpha value is -1.11. The van der Waals surface area contributed by atoms with E-state index in [1.165, 1.54) is 0 Å². The highest BCUT2D eigenvalue weighted by Gasteiger charge is 2.32. The van der Waals surface area contributed by atoms with Gasteiger partial charge in [0.05, 0.1) is 11.5 Å². The molecule has 110 valence electrons. The average molecular weight is 291 g/mol. The highest BCUT2D eigenvalue weighted by Crippen LogP contribution is 2.20. The van der Waals surface area contributed by atoms with E-state index in [4.69, 9.17) is 5.11 Å². The van der Waals surface area contributed by atoms with Crippen molar-refractivity contribution in [2.45, 2.75) is 39.2 Å². The Balaban J connectivity index is 2.61. The lowest BCUT2D eigenvalue weighted by atomic mass is 9.96. The van der Waals surface area contributed by atoms with E-state index in [1.807, 2.05) is 6.92 Å². The highest BCUT2D eigenvalue weighted by atomic mass is 32.2. The monoisotopic (exact) mass is 291 g/mol. The molecule has 0 saturated carbocycles. The van der Waals surface area contributed by atoms with Crippen molar-refractivity contribution in [1.29, 1.82) is 0 Å². The molecule has 0 unspecified atom stereocenters. The van der Waals surface area contributed by atoms with Crippen LogP contribution in [0.3, 0.4) is 0 Å². The van der Waals surface area contributed by atoms with E-state index < -0.39 is 27.8 Å². The number of rotatable bonds is 5. The quantitative estimate of drug-likeness (QED) is 0.765. The lowest BCUT2D eigenvalue weighted by Crippen LogP contribution is -2.48. The van der Waals surface area contributed by atoms with Crippen LogP contribution in [-0.4, -0.2) is 42.9 Å². The first-order valence-electron chi connectivity index (χ1n) is 6.50. The van der Waals surface area contributed by atoms with Crippen LogP contribution in [0.4, 0.5) is 0 Å². The molecule has 6 nitrogen and oxygen atoms in total. The zero-order chi connectivity index (χ0) is 14.6. The predicted octanol–water partition coefficient (Wildman–Crippen LogP) is 0.427. The smallest absolute Gasteiger partial charge is 0.326 e. The molecule has 1 aliphatic rings. The highest BCUT2D eigenvalue weighted by molar-refractivity contribution is 7.91. The second-order valence-corrected chi connectivity index (χ2v) is 7.44. The van der Waals surface area contributed by atoms with Crippen molar-refractivity contribution in [3.8, 4) is 0 Å². The van der Waals surface area contributed by atoms with Gasteiger partial charge in [-0.15, -0.1) is 0 Å². The molecule has 0 aromatic rings. The molecule has 2 atom stereocenters. The third-order valence-corrected chi connectivity index (χ3v) is 5.42. The summed E-state index contributed by atoms with van der Waals surface area (Å²) in [5.41, 5.74) is 0. The number of carbonyl (C=O) groups is 2. The van der Waals surface area contributed by atoms with Gasteiger partial charge in [0, 0.05) is 5.92 Å². The van der Waals surface area contributed by atoms with Gasteiger partial charge < -0.3 is 10.4 Å². The number of sulfone groups is 1. The minimum Gasteiger partial charge on any atom is -0.480 e. The molecule has 1 amide bonds. The van der Waals surface area contributed by atoms with Gasteiger partial charge in [0.1, 0.15) is 15.9 Å². The summed E-state index contributed by atoms with van der Waals surface area (Å²) in [6.45, 7) is 3.63. The van der Waals surface area contributed by atoms with E-state index in [-0.39, 0.29) is 36.2 Å². The maximum absolute atomic E-state index is 12.0. The molecular formula is C12H21NO5S. The maximum Gasteiger partial charge on any atom is 0.326 e. The average Bonchev–Trinajstić information content (AvgIpc) is 2.34. The summed E-state index contributed by atoms with van der Waals surface area (Å²) in [5, 5.41) is 11.6. The first-order chi connectivity index (χ1) is 8.76. The van der Waals surface area contributed by atoms with Gasteiger partial charge >= 0.3 is 5.97 Å². The minimum absolute atomic E-state index is 0.00611. The Morgan fingerprint density at radius 2 is 1.84 bits per heavy atom. The van der Waals surface area contributed by atoms with E-state index in [0.717, 1.165) is 0 Å². The third-order valence-electron chi connectivity index (χ3n) is 3.70. The van der Waals surface area contributed by atoms with E-state index >= 15 is 0 Å². The van der Waals surface area contributed by atoms with Crippen LogP contribution in [0.25, 0.3) is 0 Å². The normalized spacial score (nSPS) is 22.4. The Morgan fingerprint density at radius 3 is 2.26 bits per heavy atom. The number of aliphatic carboxylic acids is 1. The van der Waals surface area contributed by atoms with E-state index in [2.05, 4.69) is 5.32 Å². The summed E-state index contributed by atoms with van der Waals surface area (Å²) in [4.78, 5) is 23.1. The minimum atomic E-state index is -3.01. The van der Waals surface area contributed by atoms with Gasteiger partial charge in [0.15, 0.2) is 0 Å². The van der Waals surface area contributed by atoms with Crippen molar-refractivity contribution in [3.63, 3.8) is 0 Å². The molecule has 1 rings (SSSR count). The number of carboxylic acid groups (broad SMARTS) is 1. The van der Waals surface area contributed by atoms with Crippen molar-refractivity contribution in [2.24, 2.45) is 11.8 Å². The van der Waals surface area contributed by atoms with Crippen molar-refractivity contribution < 1.29 is 23.1 Å². The number of carboxylic acids is 1. The lowest BCUT2D eigenvalue weighted by molar-refractivity contribution is -0.144. The zero-order valence-corrected chi connectivity index (χ0v) is 12.1. The van der Waals surface area contributed by atoms with Crippen molar-refractivity contribution >= 4 is 21.7 Å². The van der Waals surface area contributed by atoms with Crippen LogP contribution in [0.1, 0.15) is 33.1 Å². The Bertz CT molecular complexity index is 431. The largest absolute Gasteiger partial charge is 0.480 e. The van der Waals surface area contributed by atoms with Crippen molar-refractivity contribution in [2.75, 3.05) is 11.5 Å². The Kier molecular flexibility index (Phi) is 5.34. The van der Waals surface area contributed by atoms with Crippen LogP contribution in [0.2, 0.25) is 0 Å². The summed E-state index contributed by atoms with van der Waals surface area (Å²) >= 11 is 0. The van der Waals surface area contributed by atoms with Gasteiger partial charge in [-0.25, -0.2) is 13.2 Å². The van der Waals surface area contributed by atoms with Gasteiger partial charge in [0.25, 0.3) is 0 Å². The number of hydrogen-bond donors (Lipinski definition) is 2. The number of hydrogen-bond acceptors (Lipinski definition) is 4. The van der Waals surface area contributed by atoms with Gasteiger partial charge in [0.2, 0.25) is 5.91 Å². The first-order valence-corrected chi connectivity index (χ1v) is 8.32. The molecule has 1 aliphatic heterocycles. The van der Waals surface area contributed by atoms with Gasteiger partial charge in [-0.1, -0.05) is 20.3 Å². The molecule has 1 saturated heterocycles. The summed E-state index contributed by atoms with van der Waals surface area (Å²) in [6, 6.07) is -0.906. The summed E-state index contributed by atoms with van der Waals surface area (Å²) in [5.74, 6) is -1.94. The van der Waals surface area contributed by atoms with Crippen molar-refractivity contribution in [1.82, 2.24) is 5.32 Å². The SMILES string of the molecule is CC[C@H](C)[C@H](NC(=O)C1CCS(=O)(=O)CC1)C(=O)O. The van der Waals surface area contributed by atoms with Crippen molar-refractivity contribution in [3.05, 3.63) is 0 Å². The predicted molar refractivity (Wildman–Crippen MR) is 70.4 cm³/mol. The molecule has 0 aromatic carbocycles. The van der Waals surface area contributed by atoms with E-state index in [9.17, 15) is 18.0 Å². The van der Waals surface area contributed by atoms with Crippen LogP contribution in [0.5, 0.6) is 0 Å². The number of nitrogens with one attached hydrogen (secondary N) is 1. The first kappa shape index (κ1) is 15.9. The number of amides is 1. The topological polar surface area (TPSA) is 101 Å². The molecule has 0 aromatic heterocycles. The summed E-state index contributed by atoms with van der Waals surface area (Å²) in [6.07, 6.45) is 1.21. The standard InChI is InChI=1S/C12H21NO5S/c1-3-8(2)10(12(15)16)13-11(14)9-4-6-19(17,18)7-5-9/h8-10H,3-7H2,1-2H3,(H,13,14)(H,15,16)/t8-,10-/m0/s1. The molecule has 19 heavy (non-hydrogen) atoms. The molecule has 1 fully saturated rings. The molecule has 0 aliphatic carbocycles. The van der Waals surface area contributed by atoms with Crippen LogP contribution in [-0.2, 0) is 19.4 Å². The van der Waals surface area contributed by atoms with Crippen LogP contribution >= 0.6 is 0 Å². The van der Waals surface area contributed by atoms with E-state index in [0.29, 0.717) is 6.42 Å². The van der Waals surface area contributed by atoms with Crippen LogP contribution < -0.4 is 5.32 Å². The summed E-state index contributed by atoms with van der Waals surface area (Å²) in [7, 11) is -3.01. The fraction of sp³-hybridized carbons (Fsp3) is 0.833. The summed E-state index contributed by atoms with van der Waals surface area (Å²) < 4.78 is 22.6. The third kappa shape index (κ3) is 4.49. The molecule has 0 spiro atoms. The van der Waals surface area contributed by atoms with E-state index in [1.54, 1.807) is 6.92 Å². The lowest BCUT2D eigenvalue weighted by Gasteiger charge is -2.25. The molecule has 7 heteroatoms. The second-order valence-electron chi connectivity index (χ2n) is 5.14. The van der Waals surface area contributed by atoms with Crippen LogP contribution in [0, 0.1) is 11.8 Å². The maximum atomic E-state index is 12.0. The Morgan fingerprint density at radius 1 is 1.32 bits per heavy atom. The molecule has 0 bridgehead atoms. The molecular weight excluding hydrogens is 270 g/mol.